The lowest BCUT2D eigenvalue weighted by molar-refractivity contribution is 0.419. The van der Waals surface area contributed by atoms with E-state index in [1.54, 1.807) is 7.11 Å². The van der Waals surface area contributed by atoms with Gasteiger partial charge in [-0.15, -0.1) is 0 Å². The molecule has 0 fully saturated rings. The number of methoxy groups -OCH3 is 1. The molecule has 0 aliphatic heterocycles. The Balaban J connectivity index is 2.79. The maximum atomic E-state index is 5.20. The Kier molecular flexibility index (Phi) is 1.89. The topological polar surface area (TPSA) is 22.1 Å². The van der Waals surface area contributed by atoms with Crippen molar-refractivity contribution in [2.75, 3.05) is 7.11 Å². The Morgan fingerprint density at radius 2 is 2.23 bits per heavy atom. The largest absolute Gasteiger partial charge is 0.494 e. The number of rotatable bonds is 1. The van der Waals surface area contributed by atoms with Gasteiger partial charge >= 0.3 is 0 Å². The zero-order chi connectivity index (χ0) is 9.26. The molecule has 65 valence electrons. The fraction of sp³-hybridized carbons (Fsp3) is 0.182. The molecule has 0 spiro atoms. The van der Waals surface area contributed by atoms with Crippen LogP contribution in [0.3, 0.4) is 0 Å². The van der Waals surface area contributed by atoms with Crippen LogP contribution in [0.5, 0.6) is 5.75 Å². The summed E-state index contributed by atoms with van der Waals surface area (Å²) in [6.45, 7) is 1.95. The number of fused-ring (bicyclic) bond motifs is 1. The van der Waals surface area contributed by atoms with Crippen molar-refractivity contribution in [1.29, 1.82) is 0 Å². The van der Waals surface area contributed by atoms with E-state index in [-0.39, 0.29) is 0 Å². The molecule has 0 saturated heterocycles. The number of ether oxygens (including phenoxy) is 1. The third-order valence-electron chi connectivity index (χ3n) is 1.94. The molecule has 0 unspecified atom stereocenters. The lowest BCUT2D eigenvalue weighted by Crippen LogP contribution is -1.88. The lowest BCUT2D eigenvalue weighted by atomic mass is 10.2. The molecule has 1 aromatic heterocycles. The molecule has 2 nitrogen and oxygen atoms in total. The smallest absolute Gasteiger partial charge is 0.145 e. The molecule has 0 atom stereocenters. The van der Waals surface area contributed by atoms with E-state index < -0.39 is 0 Å². The molecule has 0 amide bonds. The Labute approximate surface area is 77.2 Å². The number of para-hydroxylation sites is 1. The third kappa shape index (κ3) is 1.35. The molecule has 0 bridgehead atoms. The molecular formula is C11H10NO. The van der Waals surface area contributed by atoms with Gasteiger partial charge in [0.15, 0.2) is 0 Å². The Bertz CT molecular complexity index is 437. The predicted octanol–water partition coefficient (Wildman–Crippen LogP) is 2.35. The highest BCUT2D eigenvalue weighted by molar-refractivity contribution is 5.83. The van der Waals surface area contributed by atoms with Crippen molar-refractivity contribution >= 4 is 10.9 Å². The van der Waals surface area contributed by atoms with Crippen LogP contribution in [0.2, 0.25) is 0 Å². The molecule has 2 aromatic rings. The summed E-state index contributed by atoms with van der Waals surface area (Å²) in [5.74, 6) is 0.803. The van der Waals surface area contributed by atoms with Gasteiger partial charge < -0.3 is 4.74 Å². The molecule has 13 heavy (non-hydrogen) atoms. The SMILES string of the molecule is COc1cccc2[c]cc(C)nc12. The number of nitrogens with zero attached hydrogens (tertiary/aromatic N) is 1. The van der Waals surface area contributed by atoms with Crippen molar-refractivity contribution in [3.8, 4) is 5.75 Å². The standard InChI is InChI=1S/C11H10NO/c1-8-6-7-9-4-3-5-10(13-2)11(9)12-8/h3-6H,1-2H3. The number of aryl methyl sites for hydroxylation is 1. The molecule has 0 aliphatic rings. The van der Waals surface area contributed by atoms with Gasteiger partial charge in [0.05, 0.1) is 7.11 Å². The van der Waals surface area contributed by atoms with Crippen LogP contribution in [-0.2, 0) is 0 Å². The van der Waals surface area contributed by atoms with Crippen LogP contribution in [0, 0.1) is 13.0 Å². The number of hydrogen-bond donors (Lipinski definition) is 0. The van der Waals surface area contributed by atoms with Gasteiger partial charge in [-0.2, -0.15) is 0 Å². The minimum atomic E-state index is 0.803. The lowest BCUT2D eigenvalue weighted by Gasteiger charge is -2.03. The molecular weight excluding hydrogens is 162 g/mol. The van der Waals surface area contributed by atoms with Gasteiger partial charge in [-0.05, 0) is 25.1 Å². The number of benzene rings is 1. The minimum Gasteiger partial charge on any atom is -0.494 e. The zero-order valence-electron chi connectivity index (χ0n) is 7.66. The fourth-order valence-electron chi connectivity index (χ4n) is 1.31. The molecule has 0 saturated carbocycles. The summed E-state index contributed by atoms with van der Waals surface area (Å²) in [7, 11) is 1.65. The van der Waals surface area contributed by atoms with Crippen LogP contribution >= 0.6 is 0 Å². The molecule has 1 aromatic carbocycles. The molecule has 1 heterocycles. The maximum Gasteiger partial charge on any atom is 0.145 e. The van der Waals surface area contributed by atoms with Crippen LogP contribution in [0.4, 0.5) is 0 Å². The maximum absolute atomic E-state index is 5.20. The van der Waals surface area contributed by atoms with Crippen LogP contribution in [0.15, 0.2) is 24.3 Å². The van der Waals surface area contributed by atoms with E-state index >= 15 is 0 Å². The minimum absolute atomic E-state index is 0.803. The van der Waals surface area contributed by atoms with Gasteiger partial charge in [0, 0.05) is 11.1 Å². The highest BCUT2D eigenvalue weighted by atomic mass is 16.5. The summed E-state index contributed by atoms with van der Waals surface area (Å²) in [6, 6.07) is 10.8. The summed E-state index contributed by atoms with van der Waals surface area (Å²) < 4.78 is 5.20. The predicted molar refractivity (Wildman–Crippen MR) is 51.9 cm³/mol. The van der Waals surface area contributed by atoms with Gasteiger partial charge in [0.1, 0.15) is 11.3 Å². The fourth-order valence-corrected chi connectivity index (χ4v) is 1.31. The van der Waals surface area contributed by atoms with E-state index in [9.17, 15) is 0 Å². The van der Waals surface area contributed by atoms with Crippen molar-refractivity contribution in [3.05, 3.63) is 36.0 Å². The Morgan fingerprint density at radius 1 is 1.38 bits per heavy atom. The van der Waals surface area contributed by atoms with E-state index in [1.165, 1.54) is 0 Å². The monoisotopic (exact) mass is 172 g/mol. The van der Waals surface area contributed by atoms with E-state index in [2.05, 4.69) is 11.1 Å². The second-order valence-electron chi connectivity index (χ2n) is 2.90. The van der Waals surface area contributed by atoms with E-state index in [0.717, 1.165) is 22.3 Å². The van der Waals surface area contributed by atoms with Gasteiger partial charge in [-0.1, -0.05) is 12.1 Å². The first kappa shape index (κ1) is 8.05. The van der Waals surface area contributed by atoms with Crippen molar-refractivity contribution in [2.45, 2.75) is 6.92 Å². The van der Waals surface area contributed by atoms with E-state index in [4.69, 9.17) is 4.74 Å². The van der Waals surface area contributed by atoms with Gasteiger partial charge in [0.25, 0.3) is 0 Å². The van der Waals surface area contributed by atoms with Gasteiger partial charge in [-0.25, -0.2) is 4.98 Å². The Hall–Kier alpha value is -1.57. The van der Waals surface area contributed by atoms with E-state index in [1.807, 2.05) is 31.2 Å². The number of aromatic nitrogens is 1. The molecule has 1 radical (unpaired) electrons. The van der Waals surface area contributed by atoms with E-state index in [0.29, 0.717) is 0 Å². The van der Waals surface area contributed by atoms with Gasteiger partial charge in [-0.3, -0.25) is 0 Å². The second-order valence-corrected chi connectivity index (χ2v) is 2.90. The molecule has 0 N–H and O–H groups in total. The molecule has 2 heteroatoms. The number of pyridine rings is 1. The molecule has 0 aliphatic carbocycles. The third-order valence-corrected chi connectivity index (χ3v) is 1.94. The zero-order valence-corrected chi connectivity index (χ0v) is 7.66. The Morgan fingerprint density at radius 3 is 3.00 bits per heavy atom. The quantitative estimate of drug-likeness (QED) is 0.658. The first-order chi connectivity index (χ1) is 6.31. The van der Waals surface area contributed by atoms with Crippen LogP contribution in [-0.4, -0.2) is 12.1 Å². The summed E-state index contributed by atoms with van der Waals surface area (Å²) in [5.41, 5.74) is 1.84. The van der Waals surface area contributed by atoms with Crippen LogP contribution in [0.1, 0.15) is 5.69 Å². The van der Waals surface area contributed by atoms with Crippen molar-refractivity contribution < 1.29 is 4.74 Å². The highest BCUT2D eigenvalue weighted by Crippen LogP contribution is 2.22. The highest BCUT2D eigenvalue weighted by Gasteiger charge is 2.01. The average Bonchev–Trinajstić information content (AvgIpc) is 2.17. The van der Waals surface area contributed by atoms with Crippen molar-refractivity contribution in [2.24, 2.45) is 0 Å². The van der Waals surface area contributed by atoms with Crippen LogP contribution in [0.25, 0.3) is 10.9 Å². The number of hydrogen-bond acceptors (Lipinski definition) is 2. The second kappa shape index (κ2) is 3.05. The first-order valence-corrected chi connectivity index (χ1v) is 4.13. The van der Waals surface area contributed by atoms with Crippen molar-refractivity contribution in [3.63, 3.8) is 0 Å². The summed E-state index contributed by atoms with van der Waals surface area (Å²) >= 11 is 0. The summed E-state index contributed by atoms with van der Waals surface area (Å²) in [5, 5.41) is 0.991. The summed E-state index contributed by atoms with van der Waals surface area (Å²) in [4.78, 5) is 4.39. The average molecular weight is 172 g/mol. The normalized spacial score (nSPS) is 10.3. The summed E-state index contributed by atoms with van der Waals surface area (Å²) in [6.07, 6.45) is 0. The van der Waals surface area contributed by atoms with Crippen molar-refractivity contribution in [1.82, 2.24) is 4.98 Å². The van der Waals surface area contributed by atoms with Gasteiger partial charge in [0.2, 0.25) is 0 Å². The van der Waals surface area contributed by atoms with Crippen LogP contribution < -0.4 is 4.74 Å². The first-order valence-electron chi connectivity index (χ1n) is 4.13. The molecule has 2 rings (SSSR count).